The van der Waals surface area contributed by atoms with Gasteiger partial charge in [0.15, 0.2) is 0 Å². The molecule has 3 rings (SSSR count). The Kier molecular flexibility index (Phi) is 3.34. The van der Waals surface area contributed by atoms with Crippen molar-refractivity contribution in [3.63, 3.8) is 0 Å². The highest BCUT2D eigenvalue weighted by molar-refractivity contribution is 7.21. The van der Waals surface area contributed by atoms with Crippen molar-refractivity contribution in [2.24, 2.45) is 0 Å². The second kappa shape index (κ2) is 5.14. The molecule has 1 heterocycles. The molecule has 19 heavy (non-hydrogen) atoms. The first-order valence-corrected chi connectivity index (χ1v) is 7.55. The zero-order valence-electron chi connectivity index (χ0n) is 11.3. The summed E-state index contributed by atoms with van der Waals surface area (Å²) < 4.78 is 1.26. The van der Waals surface area contributed by atoms with Crippen LogP contribution in [0, 0.1) is 0 Å². The summed E-state index contributed by atoms with van der Waals surface area (Å²) >= 11 is 1.77. The van der Waals surface area contributed by atoms with Crippen molar-refractivity contribution in [3.8, 4) is 10.6 Å². The summed E-state index contributed by atoms with van der Waals surface area (Å²) in [5.41, 5.74) is 3.73. The van der Waals surface area contributed by atoms with E-state index < -0.39 is 0 Å². The van der Waals surface area contributed by atoms with E-state index in [4.69, 9.17) is 4.98 Å². The smallest absolute Gasteiger partial charge is 0.124 e. The summed E-state index contributed by atoms with van der Waals surface area (Å²) in [6, 6.07) is 17.1. The molecule has 0 aliphatic carbocycles. The van der Waals surface area contributed by atoms with Crippen molar-refractivity contribution in [2.45, 2.75) is 26.2 Å². The van der Waals surface area contributed by atoms with E-state index in [-0.39, 0.29) is 0 Å². The zero-order chi connectivity index (χ0) is 13.2. The van der Waals surface area contributed by atoms with Gasteiger partial charge in [-0.05, 0) is 36.1 Å². The first-order chi connectivity index (χ1) is 9.28. The molecule has 1 unspecified atom stereocenters. The highest BCUT2D eigenvalue weighted by Gasteiger charge is 2.08. The molecule has 0 saturated heterocycles. The minimum Gasteiger partial charge on any atom is -0.236 e. The third kappa shape index (κ3) is 2.41. The van der Waals surface area contributed by atoms with E-state index in [1.165, 1.54) is 22.2 Å². The van der Waals surface area contributed by atoms with Gasteiger partial charge in [-0.15, -0.1) is 11.3 Å². The number of hydrogen-bond donors (Lipinski definition) is 0. The Labute approximate surface area is 117 Å². The largest absolute Gasteiger partial charge is 0.236 e. The van der Waals surface area contributed by atoms with Crippen LogP contribution in [0.5, 0.6) is 0 Å². The Bertz CT molecular complexity index is 666. The Morgan fingerprint density at radius 2 is 1.95 bits per heavy atom. The van der Waals surface area contributed by atoms with Crippen molar-refractivity contribution in [1.29, 1.82) is 0 Å². The maximum Gasteiger partial charge on any atom is 0.124 e. The van der Waals surface area contributed by atoms with Gasteiger partial charge in [-0.1, -0.05) is 44.2 Å². The fourth-order valence-corrected chi connectivity index (χ4v) is 3.17. The standard InChI is InChI=1S/C17H17NS/c1-3-12(2)13-7-6-8-14(11-13)17-18-15-9-4-5-10-16(15)19-17/h4-12H,3H2,1-2H3. The molecule has 0 saturated carbocycles. The van der Waals surface area contributed by atoms with Crippen molar-refractivity contribution in [3.05, 3.63) is 54.1 Å². The number of fused-ring (bicyclic) bond motifs is 1. The van der Waals surface area contributed by atoms with Gasteiger partial charge in [-0.25, -0.2) is 4.98 Å². The SMILES string of the molecule is CCC(C)c1cccc(-c2nc3ccccc3s2)c1. The molecule has 0 radical (unpaired) electrons. The number of benzene rings is 2. The summed E-state index contributed by atoms with van der Waals surface area (Å²) in [6.45, 7) is 4.51. The van der Waals surface area contributed by atoms with Crippen LogP contribution in [0.2, 0.25) is 0 Å². The lowest BCUT2D eigenvalue weighted by atomic mass is 9.97. The highest BCUT2D eigenvalue weighted by atomic mass is 32.1. The molecule has 0 aliphatic rings. The molecule has 0 fully saturated rings. The summed E-state index contributed by atoms with van der Waals surface area (Å²) in [6.07, 6.45) is 1.17. The van der Waals surface area contributed by atoms with Gasteiger partial charge >= 0.3 is 0 Å². The average Bonchev–Trinajstić information content (AvgIpc) is 2.90. The Morgan fingerprint density at radius 1 is 1.11 bits per heavy atom. The molecule has 0 N–H and O–H groups in total. The van der Waals surface area contributed by atoms with E-state index in [9.17, 15) is 0 Å². The lowest BCUT2D eigenvalue weighted by Crippen LogP contribution is -1.91. The lowest BCUT2D eigenvalue weighted by molar-refractivity contribution is 0.734. The van der Waals surface area contributed by atoms with Gasteiger partial charge in [0.05, 0.1) is 10.2 Å². The predicted molar refractivity (Wildman–Crippen MR) is 83.8 cm³/mol. The minimum atomic E-state index is 0.606. The van der Waals surface area contributed by atoms with Gasteiger partial charge < -0.3 is 0 Å². The van der Waals surface area contributed by atoms with E-state index in [1.54, 1.807) is 11.3 Å². The van der Waals surface area contributed by atoms with E-state index in [0.29, 0.717) is 5.92 Å². The number of hydrogen-bond acceptors (Lipinski definition) is 2. The molecule has 3 aromatic rings. The lowest BCUT2D eigenvalue weighted by Gasteiger charge is -2.09. The van der Waals surface area contributed by atoms with E-state index in [0.717, 1.165) is 10.5 Å². The Balaban J connectivity index is 2.06. The summed E-state index contributed by atoms with van der Waals surface area (Å²) in [7, 11) is 0. The third-order valence-corrected chi connectivity index (χ3v) is 4.69. The van der Waals surface area contributed by atoms with Crippen LogP contribution >= 0.6 is 11.3 Å². The van der Waals surface area contributed by atoms with Crippen molar-refractivity contribution in [2.75, 3.05) is 0 Å². The van der Waals surface area contributed by atoms with Crippen LogP contribution in [0.4, 0.5) is 0 Å². The molecule has 96 valence electrons. The third-order valence-electron chi connectivity index (χ3n) is 3.61. The maximum absolute atomic E-state index is 4.73. The molecule has 0 amide bonds. The second-order valence-corrected chi connectivity index (χ2v) is 5.95. The Morgan fingerprint density at radius 3 is 2.74 bits per heavy atom. The topological polar surface area (TPSA) is 12.9 Å². The van der Waals surface area contributed by atoms with Crippen LogP contribution in [0.15, 0.2) is 48.5 Å². The van der Waals surface area contributed by atoms with E-state index >= 15 is 0 Å². The number of aromatic nitrogens is 1. The summed E-state index contributed by atoms with van der Waals surface area (Å²) in [5.74, 6) is 0.606. The van der Waals surface area contributed by atoms with Gasteiger partial charge in [0.25, 0.3) is 0 Å². The van der Waals surface area contributed by atoms with Crippen molar-refractivity contribution < 1.29 is 0 Å². The predicted octanol–water partition coefficient (Wildman–Crippen LogP) is 5.48. The van der Waals surface area contributed by atoms with Gasteiger partial charge in [-0.2, -0.15) is 0 Å². The second-order valence-electron chi connectivity index (χ2n) is 4.92. The highest BCUT2D eigenvalue weighted by Crippen LogP contribution is 2.31. The van der Waals surface area contributed by atoms with Gasteiger partial charge in [-0.3, -0.25) is 0 Å². The number of thiazole rings is 1. The molecule has 0 bridgehead atoms. The molecule has 2 heteroatoms. The fourth-order valence-electron chi connectivity index (χ4n) is 2.21. The molecule has 2 aromatic carbocycles. The molecule has 0 spiro atoms. The normalized spacial score (nSPS) is 12.7. The minimum absolute atomic E-state index is 0.606. The molecule has 1 nitrogen and oxygen atoms in total. The fraction of sp³-hybridized carbons (Fsp3) is 0.235. The summed E-state index contributed by atoms with van der Waals surface area (Å²) in [4.78, 5) is 4.73. The van der Waals surface area contributed by atoms with Gasteiger partial charge in [0, 0.05) is 5.56 Å². The monoisotopic (exact) mass is 267 g/mol. The van der Waals surface area contributed by atoms with E-state index in [1.807, 2.05) is 6.07 Å². The quantitative estimate of drug-likeness (QED) is 0.612. The first-order valence-electron chi connectivity index (χ1n) is 6.74. The number of para-hydroxylation sites is 1. The molecule has 1 aromatic heterocycles. The van der Waals surface area contributed by atoms with Crippen molar-refractivity contribution >= 4 is 21.6 Å². The van der Waals surface area contributed by atoms with Crippen LogP contribution in [0.25, 0.3) is 20.8 Å². The maximum atomic E-state index is 4.73. The molecule has 1 atom stereocenters. The summed E-state index contributed by atoms with van der Waals surface area (Å²) in [5, 5.41) is 1.12. The molecular weight excluding hydrogens is 250 g/mol. The molecule has 0 aliphatic heterocycles. The van der Waals surface area contributed by atoms with E-state index in [2.05, 4.69) is 56.3 Å². The van der Waals surface area contributed by atoms with Crippen LogP contribution in [-0.2, 0) is 0 Å². The van der Waals surface area contributed by atoms with Gasteiger partial charge in [0.2, 0.25) is 0 Å². The first kappa shape index (κ1) is 12.4. The van der Waals surface area contributed by atoms with Crippen LogP contribution in [0.1, 0.15) is 31.7 Å². The van der Waals surface area contributed by atoms with Crippen molar-refractivity contribution in [1.82, 2.24) is 4.98 Å². The number of rotatable bonds is 3. The van der Waals surface area contributed by atoms with Gasteiger partial charge in [0.1, 0.15) is 5.01 Å². The zero-order valence-corrected chi connectivity index (χ0v) is 12.1. The Hall–Kier alpha value is -1.67. The number of nitrogens with zero attached hydrogens (tertiary/aromatic N) is 1. The van der Waals surface area contributed by atoms with Crippen LogP contribution in [0.3, 0.4) is 0 Å². The molecular formula is C17H17NS. The van der Waals surface area contributed by atoms with Crippen LogP contribution in [-0.4, -0.2) is 4.98 Å². The average molecular weight is 267 g/mol. The van der Waals surface area contributed by atoms with Crippen LogP contribution < -0.4 is 0 Å².